The number of carbonyl (C=O) groups excluding carboxylic acids is 1. The van der Waals surface area contributed by atoms with E-state index in [-0.39, 0.29) is 70.8 Å². The smallest absolute Gasteiger partial charge is 0.391 e. The predicted molar refractivity (Wildman–Crippen MR) is 145 cm³/mol. The van der Waals surface area contributed by atoms with Crippen molar-refractivity contribution < 1.29 is 32.3 Å². The topological polar surface area (TPSA) is 96.2 Å². The number of alkyl halides is 3. The van der Waals surface area contributed by atoms with Gasteiger partial charge in [0.1, 0.15) is 5.82 Å². The highest BCUT2D eigenvalue weighted by molar-refractivity contribution is 6.39. The number of carbonyl (C=O) groups is 2. The number of carboxylic acid groups (broad SMARTS) is 1. The highest BCUT2D eigenvalue weighted by Crippen LogP contribution is 2.44. The molecule has 40 heavy (non-hydrogen) atoms. The standard InChI is InChI=1S/C27H28Cl2F4N4O3/c1-26(2,3)24(40)34-12-13-4-9-17(28)22(21(13)29)36-25-35-19-10-16(23(38)39)18(30)11-20(19)37(25)15-7-5-14(6-8-15)27(31,32)33/h4,9-11,14-15H,5-8,12H2,1-3H3,(H,34,40)(H,35,36)(H,38,39)/t14-,15-. The van der Waals surface area contributed by atoms with E-state index in [2.05, 4.69) is 15.6 Å². The number of rotatable bonds is 6. The van der Waals surface area contributed by atoms with Crippen molar-refractivity contribution >= 4 is 57.7 Å². The van der Waals surface area contributed by atoms with Crippen LogP contribution in [0.25, 0.3) is 11.0 Å². The number of aromatic nitrogens is 2. The van der Waals surface area contributed by atoms with Crippen LogP contribution in [0.2, 0.25) is 10.0 Å². The van der Waals surface area contributed by atoms with Crippen molar-refractivity contribution in [3.8, 4) is 0 Å². The largest absolute Gasteiger partial charge is 0.478 e. The molecule has 13 heteroatoms. The minimum absolute atomic E-state index is 0.103. The minimum atomic E-state index is -4.31. The monoisotopic (exact) mass is 602 g/mol. The molecule has 1 aliphatic carbocycles. The maximum Gasteiger partial charge on any atom is 0.391 e. The van der Waals surface area contributed by atoms with Gasteiger partial charge in [-0.05, 0) is 43.4 Å². The summed E-state index contributed by atoms with van der Waals surface area (Å²) in [6, 6.07) is 4.84. The third-order valence-corrected chi connectivity index (χ3v) is 7.81. The number of imidazole rings is 1. The third-order valence-electron chi connectivity index (χ3n) is 7.06. The molecule has 0 radical (unpaired) electrons. The molecule has 0 bridgehead atoms. The van der Waals surface area contributed by atoms with Crippen LogP contribution < -0.4 is 10.6 Å². The van der Waals surface area contributed by atoms with E-state index in [0.29, 0.717) is 5.56 Å². The third kappa shape index (κ3) is 6.15. The van der Waals surface area contributed by atoms with Crippen molar-refractivity contribution in [3.05, 3.63) is 51.3 Å². The first kappa shape index (κ1) is 29.9. The van der Waals surface area contributed by atoms with Gasteiger partial charge < -0.3 is 20.3 Å². The summed E-state index contributed by atoms with van der Waals surface area (Å²) >= 11 is 13.1. The fourth-order valence-corrected chi connectivity index (χ4v) is 5.33. The van der Waals surface area contributed by atoms with E-state index in [0.717, 1.165) is 12.1 Å². The number of hydrogen-bond acceptors (Lipinski definition) is 4. The summed E-state index contributed by atoms with van der Waals surface area (Å²) in [6.07, 6.45) is -4.25. The number of halogens is 6. The Morgan fingerprint density at radius 2 is 1.75 bits per heavy atom. The molecule has 1 saturated carbocycles. The highest BCUT2D eigenvalue weighted by atomic mass is 35.5. The lowest BCUT2D eigenvalue weighted by molar-refractivity contribution is -0.183. The van der Waals surface area contributed by atoms with E-state index in [1.165, 1.54) is 0 Å². The summed E-state index contributed by atoms with van der Waals surface area (Å²) in [5.74, 6) is -3.99. The lowest BCUT2D eigenvalue weighted by Crippen LogP contribution is -2.34. The Morgan fingerprint density at radius 3 is 2.33 bits per heavy atom. The van der Waals surface area contributed by atoms with E-state index in [4.69, 9.17) is 23.2 Å². The maximum absolute atomic E-state index is 14.7. The SMILES string of the molecule is CC(C)(C)C(=O)NCc1ccc(Cl)c(Nc2nc3cc(C(=O)O)c(F)cc3n2[C@H]2CC[C@H](C(F)(F)F)CC2)c1Cl. The van der Waals surface area contributed by atoms with E-state index in [1.807, 2.05) is 0 Å². The van der Waals surface area contributed by atoms with Crippen LogP contribution in [0.5, 0.6) is 0 Å². The Balaban J connectivity index is 1.75. The van der Waals surface area contributed by atoms with Crippen LogP contribution in [0.3, 0.4) is 0 Å². The molecule has 1 aliphatic rings. The van der Waals surface area contributed by atoms with Gasteiger partial charge in [-0.2, -0.15) is 13.2 Å². The number of benzene rings is 2. The van der Waals surface area contributed by atoms with Gasteiger partial charge in [-0.15, -0.1) is 0 Å². The van der Waals surface area contributed by atoms with Crippen molar-refractivity contribution in [3.63, 3.8) is 0 Å². The molecule has 216 valence electrons. The molecule has 0 spiro atoms. The normalized spacial score (nSPS) is 18.1. The average Bonchev–Trinajstić information content (AvgIpc) is 3.20. The zero-order valence-corrected chi connectivity index (χ0v) is 23.4. The fraction of sp³-hybridized carbons (Fsp3) is 0.444. The van der Waals surface area contributed by atoms with Crippen LogP contribution in [0.4, 0.5) is 29.2 Å². The number of nitrogens with one attached hydrogen (secondary N) is 2. The summed E-state index contributed by atoms with van der Waals surface area (Å²) in [5.41, 5.74) is -0.0809. The first-order valence-electron chi connectivity index (χ1n) is 12.6. The molecule has 1 amide bonds. The Morgan fingerprint density at radius 1 is 1.10 bits per heavy atom. The van der Waals surface area contributed by atoms with Crippen molar-refractivity contribution in [2.24, 2.45) is 11.3 Å². The zero-order valence-electron chi connectivity index (χ0n) is 21.9. The maximum atomic E-state index is 14.7. The van der Waals surface area contributed by atoms with Gasteiger partial charge in [0.05, 0.1) is 38.2 Å². The average molecular weight is 603 g/mol. The second kappa shape index (κ2) is 11.1. The second-order valence-electron chi connectivity index (χ2n) is 10.9. The van der Waals surface area contributed by atoms with Crippen LogP contribution in [-0.4, -0.2) is 32.7 Å². The fourth-order valence-electron chi connectivity index (χ4n) is 4.80. The van der Waals surface area contributed by atoms with Gasteiger partial charge >= 0.3 is 12.1 Å². The quantitative estimate of drug-likeness (QED) is 0.249. The summed E-state index contributed by atoms with van der Waals surface area (Å²) in [5, 5.41) is 15.6. The summed E-state index contributed by atoms with van der Waals surface area (Å²) in [4.78, 5) is 28.3. The number of aromatic carboxylic acids is 1. The van der Waals surface area contributed by atoms with Crippen LogP contribution in [0.15, 0.2) is 24.3 Å². The van der Waals surface area contributed by atoms with Crippen LogP contribution >= 0.6 is 23.2 Å². The second-order valence-corrected chi connectivity index (χ2v) is 11.7. The molecular formula is C27H28Cl2F4N4O3. The number of fused-ring (bicyclic) bond motifs is 1. The molecule has 1 fully saturated rings. The Bertz CT molecular complexity index is 1460. The summed E-state index contributed by atoms with van der Waals surface area (Å²) < 4.78 is 56.2. The lowest BCUT2D eigenvalue weighted by atomic mass is 9.85. The molecule has 3 aromatic rings. The van der Waals surface area contributed by atoms with Gasteiger partial charge in [-0.1, -0.05) is 50.0 Å². The molecule has 1 aromatic heterocycles. The van der Waals surface area contributed by atoms with E-state index in [1.54, 1.807) is 37.5 Å². The van der Waals surface area contributed by atoms with Gasteiger partial charge in [0.15, 0.2) is 0 Å². The van der Waals surface area contributed by atoms with Crippen molar-refractivity contribution in [1.29, 1.82) is 0 Å². The lowest BCUT2D eigenvalue weighted by Gasteiger charge is -2.31. The van der Waals surface area contributed by atoms with Crippen LogP contribution in [0, 0.1) is 17.2 Å². The minimum Gasteiger partial charge on any atom is -0.478 e. The highest BCUT2D eigenvalue weighted by Gasteiger charge is 2.42. The van der Waals surface area contributed by atoms with Crippen LogP contribution in [0.1, 0.15) is 68.4 Å². The number of carboxylic acids is 1. The number of nitrogens with zero attached hydrogens (tertiary/aromatic N) is 2. The van der Waals surface area contributed by atoms with Gasteiger partial charge in [-0.25, -0.2) is 14.2 Å². The van der Waals surface area contributed by atoms with E-state index in [9.17, 15) is 32.3 Å². The number of anilines is 2. The summed E-state index contributed by atoms with van der Waals surface area (Å²) in [6.45, 7) is 5.41. The summed E-state index contributed by atoms with van der Waals surface area (Å²) in [7, 11) is 0. The Kier molecular flexibility index (Phi) is 8.29. The Labute approximate surface area is 237 Å². The number of hydrogen-bond donors (Lipinski definition) is 3. The van der Waals surface area contributed by atoms with E-state index >= 15 is 0 Å². The molecule has 2 aromatic carbocycles. The zero-order chi connectivity index (χ0) is 29.6. The first-order valence-corrected chi connectivity index (χ1v) is 13.4. The molecule has 1 heterocycles. The predicted octanol–water partition coefficient (Wildman–Crippen LogP) is 7.88. The molecule has 3 N–H and O–H groups in total. The molecule has 0 aliphatic heterocycles. The van der Waals surface area contributed by atoms with Crippen molar-refractivity contribution in [1.82, 2.24) is 14.9 Å². The van der Waals surface area contributed by atoms with Crippen molar-refractivity contribution in [2.45, 2.75) is 65.2 Å². The van der Waals surface area contributed by atoms with Crippen molar-refractivity contribution in [2.75, 3.05) is 5.32 Å². The molecule has 4 rings (SSSR count). The van der Waals surface area contributed by atoms with Gasteiger partial charge in [0.2, 0.25) is 11.9 Å². The van der Waals surface area contributed by atoms with Gasteiger partial charge in [-0.3, -0.25) is 4.79 Å². The van der Waals surface area contributed by atoms with E-state index < -0.39 is 40.9 Å². The molecule has 0 atom stereocenters. The molecular weight excluding hydrogens is 575 g/mol. The molecule has 0 saturated heterocycles. The Hall–Kier alpha value is -3.05. The van der Waals surface area contributed by atoms with Gasteiger partial charge in [0.25, 0.3) is 0 Å². The van der Waals surface area contributed by atoms with Gasteiger partial charge in [0, 0.05) is 24.1 Å². The first-order chi connectivity index (χ1) is 18.6. The van der Waals surface area contributed by atoms with Crippen LogP contribution in [-0.2, 0) is 11.3 Å². The molecule has 0 unspecified atom stereocenters. The number of amides is 1. The molecule has 7 nitrogen and oxygen atoms in total.